The van der Waals surface area contributed by atoms with E-state index < -0.39 is 22.5 Å². The zero-order valence-electron chi connectivity index (χ0n) is 17.7. The van der Waals surface area contributed by atoms with Gasteiger partial charge in [0.15, 0.2) is 0 Å². The summed E-state index contributed by atoms with van der Waals surface area (Å²) in [4.78, 5) is 47.3. The minimum Gasteiger partial charge on any atom is -0.495 e. The Morgan fingerprint density at radius 2 is 1.45 bits per heavy atom. The Bertz CT molecular complexity index is 1220. The lowest BCUT2D eigenvalue weighted by atomic mass is 10.1. The van der Waals surface area contributed by atoms with Crippen LogP contribution in [0.4, 0.5) is 17.1 Å². The van der Waals surface area contributed by atoms with Crippen LogP contribution in [0.5, 0.6) is 5.75 Å². The Labute approximate surface area is 188 Å². The summed E-state index contributed by atoms with van der Waals surface area (Å²) in [5, 5.41) is 16.5. The van der Waals surface area contributed by atoms with Gasteiger partial charge in [0.25, 0.3) is 17.5 Å². The molecular weight excluding hydrogens is 430 g/mol. The zero-order valence-corrected chi connectivity index (χ0v) is 17.7. The molecule has 2 amide bonds. The SMILES string of the molecule is COC(=O)c1cc(C(=O)Nc2ccc(C(=O)Nc3ccccc3OC)cc2)cc([N+](=O)[O-])c1. The third kappa shape index (κ3) is 5.50. The Balaban J connectivity index is 1.75. The summed E-state index contributed by atoms with van der Waals surface area (Å²) >= 11 is 0. The molecule has 168 valence electrons. The van der Waals surface area contributed by atoms with E-state index in [0.29, 0.717) is 22.7 Å². The number of rotatable bonds is 7. The van der Waals surface area contributed by atoms with Crippen molar-refractivity contribution in [3.8, 4) is 5.75 Å². The molecule has 0 saturated heterocycles. The van der Waals surface area contributed by atoms with Crippen molar-refractivity contribution < 1.29 is 28.8 Å². The molecule has 0 spiro atoms. The number of carbonyl (C=O) groups is 3. The summed E-state index contributed by atoms with van der Waals surface area (Å²) in [6.07, 6.45) is 0. The van der Waals surface area contributed by atoms with Crippen molar-refractivity contribution >= 4 is 34.8 Å². The molecule has 10 nitrogen and oxygen atoms in total. The van der Waals surface area contributed by atoms with Crippen molar-refractivity contribution in [2.45, 2.75) is 0 Å². The van der Waals surface area contributed by atoms with Gasteiger partial charge in [-0.2, -0.15) is 0 Å². The van der Waals surface area contributed by atoms with Gasteiger partial charge in [-0.3, -0.25) is 19.7 Å². The summed E-state index contributed by atoms with van der Waals surface area (Å²) in [6, 6.07) is 16.3. The summed E-state index contributed by atoms with van der Waals surface area (Å²) in [5.74, 6) is -1.34. The van der Waals surface area contributed by atoms with E-state index in [1.807, 2.05) is 0 Å². The second kappa shape index (κ2) is 10.1. The lowest BCUT2D eigenvalue weighted by Gasteiger charge is -2.10. The van der Waals surface area contributed by atoms with E-state index in [0.717, 1.165) is 19.2 Å². The van der Waals surface area contributed by atoms with E-state index >= 15 is 0 Å². The first-order chi connectivity index (χ1) is 15.8. The topological polar surface area (TPSA) is 137 Å². The second-order valence-electron chi connectivity index (χ2n) is 6.70. The van der Waals surface area contributed by atoms with E-state index in [-0.39, 0.29) is 17.0 Å². The van der Waals surface area contributed by atoms with Crippen molar-refractivity contribution in [3.05, 3.63) is 93.5 Å². The van der Waals surface area contributed by atoms with Gasteiger partial charge in [0.05, 0.1) is 30.4 Å². The number of hydrogen-bond acceptors (Lipinski definition) is 7. The lowest BCUT2D eigenvalue weighted by Crippen LogP contribution is -2.15. The second-order valence-corrected chi connectivity index (χ2v) is 6.70. The minimum absolute atomic E-state index is 0.0948. The Kier molecular flexibility index (Phi) is 6.99. The van der Waals surface area contributed by atoms with Gasteiger partial charge in [0, 0.05) is 28.9 Å². The largest absolute Gasteiger partial charge is 0.495 e. The number of non-ortho nitro benzene ring substituents is 1. The normalized spacial score (nSPS) is 10.1. The monoisotopic (exact) mass is 449 g/mol. The quantitative estimate of drug-likeness (QED) is 0.317. The molecule has 0 bridgehead atoms. The molecule has 33 heavy (non-hydrogen) atoms. The van der Waals surface area contributed by atoms with Crippen LogP contribution < -0.4 is 15.4 Å². The molecule has 0 aliphatic rings. The van der Waals surface area contributed by atoms with E-state index in [4.69, 9.17) is 4.74 Å². The number of nitrogens with one attached hydrogen (secondary N) is 2. The summed E-state index contributed by atoms with van der Waals surface area (Å²) in [5.41, 5.74) is 0.547. The number of nitro groups is 1. The highest BCUT2D eigenvalue weighted by Crippen LogP contribution is 2.24. The summed E-state index contributed by atoms with van der Waals surface area (Å²) < 4.78 is 9.78. The molecule has 0 atom stereocenters. The van der Waals surface area contributed by atoms with E-state index in [9.17, 15) is 24.5 Å². The average Bonchev–Trinajstić information content (AvgIpc) is 2.83. The number of carbonyl (C=O) groups excluding carboxylic acids is 3. The van der Waals surface area contributed by atoms with Crippen LogP contribution in [0.3, 0.4) is 0 Å². The van der Waals surface area contributed by atoms with Crippen molar-refractivity contribution in [2.24, 2.45) is 0 Å². The third-order valence-electron chi connectivity index (χ3n) is 4.57. The molecule has 0 unspecified atom stereocenters. The van der Waals surface area contributed by atoms with Gasteiger partial charge in [-0.1, -0.05) is 12.1 Å². The molecule has 3 aromatic carbocycles. The predicted octanol–water partition coefficient (Wildman–Crippen LogP) is 3.89. The number of methoxy groups -OCH3 is 2. The number of ether oxygens (including phenoxy) is 2. The highest BCUT2D eigenvalue weighted by Gasteiger charge is 2.19. The number of para-hydroxylation sites is 2. The molecule has 0 fully saturated rings. The maximum atomic E-state index is 12.6. The Morgan fingerprint density at radius 1 is 0.818 bits per heavy atom. The fourth-order valence-electron chi connectivity index (χ4n) is 2.93. The number of nitro benzene ring substituents is 1. The number of benzene rings is 3. The molecule has 2 N–H and O–H groups in total. The van der Waals surface area contributed by atoms with Crippen LogP contribution in [0.1, 0.15) is 31.1 Å². The van der Waals surface area contributed by atoms with Crippen LogP contribution in [-0.2, 0) is 4.74 Å². The average molecular weight is 449 g/mol. The number of hydrogen-bond donors (Lipinski definition) is 2. The molecule has 0 aliphatic heterocycles. The molecule has 0 heterocycles. The van der Waals surface area contributed by atoms with Crippen LogP contribution in [0.15, 0.2) is 66.7 Å². The van der Waals surface area contributed by atoms with Crippen LogP contribution in [0, 0.1) is 10.1 Å². The van der Waals surface area contributed by atoms with Crippen molar-refractivity contribution in [1.29, 1.82) is 0 Å². The van der Waals surface area contributed by atoms with Crippen LogP contribution in [-0.4, -0.2) is 36.9 Å². The predicted molar refractivity (Wildman–Crippen MR) is 120 cm³/mol. The lowest BCUT2D eigenvalue weighted by molar-refractivity contribution is -0.384. The number of nitrogens with zero attached hydrogens (tertiary/aromatic N) is 1. The smallest absolute Gasteiger partial charge is 0.338 e. The van der Waals surface area contributed by atoms with E-state index in [2.05, 4.69) is 15.4 Å². The fraction of sp³-hybridized carbons (Fsp3) is 0.0870. The van der Waals surface area contributed by atoms with E-state index in [1.165, 1.54) is 37.4 Å². The van der Waals surface area contributed by atoms with Gasteiger partial charge in [0.2, 0.25) is 0 Å². The van der Waals surface area contributed by atoms with Gasteiger partial charge in [-0.15, -0.1) is 0 Å². The molecule has 0 radical (unpaired) electrons. The zero-order chi connectivity index (χ0) is 24.0. The van der Waals surface area contributed by atoms with Gasteiger partial charge < -0.3 is 20.1 Å². The molecule has 0 aliphatic carbocycles. The van der Waals surface area contributed by atoms with Gasteiger partial charge >= 0.3 is 5.97 Å². The number of amides is 2. The Hall–Kier alpha value is -4.73. The van der Waals surface area contributed by atoms with Crippen LogP contribution in [0.25, 0.3) is 0 Å². The first-order valence-corrected chi connectivity index (χ1v) is 9.56. The standard InChI is InChI=1S/C23H19N3O7/c1-32-20-6-4-3-5-19(20)25-21(27)14-7-9-17(10-8-14)24-22(28)15-11-16(23(29)33-2)13-18(12-15)26(30)31/h3-13H,1-2H3,(H,24,28)(H,25,27). The molecule has 0 aromatic heterocycles. The van der Waals surface area contributed by atoms with Crippen LogP contribution in [0.2, 0.25) is 0 Å². The van der Waals surface area contributed by atoms with Crippen molar-refractivity contribution in [2.75, 3.05) is 24.9 Å². The molecule has 3 rings (SSSR count). The van der Waals surface area contributed by atoms with Crippen molar-refractivity contribution in [3.63, 3.8) is 0 Å². The molecule has 3 aromatic rings. The highest BCUT2D eigenvalue weighted by atomic mass is 16.6. The molecular formula is C23H19N3O7. The minimum atomic E-state index is -0.807. The van der Waals surface area contributed by atoms with Crippen molar-refractivity contribution in [1.82, 2.24) is 0 Å². The Morgan fingerprint density at radius 3 is 2.09 bits per heavy atom. The number of esters is 1. The molecule has 10 heteroatoms. The third-order valence-corrected chi connectivity index (χ3v) is 4.57. The first-order valence-electron chi connectivity index (χ1n) is 9.56. The number of anilines is 2. The molecule has 0 saturated carbocycles. The maximum absolute atomic E-state index is 12.6. The maximum Gasteiger partial charge on any atom is 0.338 e. The first kappa shape index (κ1) is 22.9. The fourth-order valence-corrected chi connectivity index (χ4v) is 2.93. The van der Waals surface area contributed by atoms with Crippen LogP contribution >= 0.6 is 0 Å². The van der Waals surface area contributed by atoms with E-state index in [1.54, 1.807) is 24.3 Å². The van der Waals surface area contributed by atoms with Gasteiger partial charge in [0.1, 0.15) is 5.75 Å². The summed E-state index contributed by atoms with van der Waals surface area (Å²) in [7, 11) is 2.63. The van der Waals surface area contributed by atoms with Gasteiger partial charge in [-0.25, -0.2) is 4.79 Å². The highest BCUT2D eigenvalue weighted by molar-refractivity contribution is 6.07. The summed E-state index contributed by atoms with van der Waals surface area (Å²) in [6.45, 7) is 0. The van der Waals surface area contributed by atoms with Gasteiger partial charge in [-0.05, 0) is 42.5 Å².